The second kappa shape index (κ2) is 10.3. The Morgan fingerprint density at radius 1 is 1.06 bits per heavy atom. The summed E-state index contributed by atoms with van der Waals surface area (Å²) in [7, 11) is 1.56. The zero-order chi connectivity index (χ0) is 23.2. The Kier molecular flexibility index (Phi) is 7.07. The summed E-state index contributed by atoms with van der Waals surface area (Å²) in [5, 5.41) is 2.82. The molecule has 1 heterocycles. The van der Waals surface area contributed by atoms with Gasteiger partial charge in [0.2, 0.25) is 5.91 Å². The van der Waals surface area contributed by atoms with Gasteiger partial charge in [-0.05, 0) is 68.5 Å². The van der Waals surface area contributed by atoms with Gasteiger partial charge >= 0.3 is 6.03 Å². The Morgan fingerprint density at radius 2 is 1.82 bits per heavy atom. The molecule has 0 radical (unpaired) electrons. The van der Waals surface area contributed by atoms with Crippen molar-refractivity contribution in [3.8, 4) is 5.75 Å². The minimum atomic E-state index is -0.840. The number of allylic oxidation sites excluding steroid dienone is 1. The highest BCUT2D eigenvalue weighted by molar-refractivity contribution is 6.22. The zero-order valence-corrected chi connectivity index (χ0v) is 18.8. The van der Waals surface area contributed by atoms with Gasteiger partial charge in [0.05, 0.1) is 19.2 Å². The van der Waals surface area contributed by atoms with E-state index in [1.165, 1.54) is 16.9 Å². The van der Waals surface area contributed by atoms with Crippen LogP contribution in [0.4, 0.5) is 16.2 Å². The monoisotopic (exact) mass is 447 g/mol. The topological polar surface area (TPSA) is 79.0 Å². The summed E-state index contributed by atoms with van der Waals surface area (Å²) < 4.78 is 5.18. The third kappa shape index (κ3) is 5.25. The summed E-state index contributed by atoms with van der Waals surface area (Å²) in [4.78, 5) is 42.2. The summed E-state index contributed by atoms with van der Waals surface area (Å²) in [6.45, 7) is 0.409. The molecule has 2 aromatic rings. The first-order chi connectivity index (χ1) is 16.1. The molecule has 1 atom stereocenters. The van der Waals surface area contributed by atoms with Crippen molar-refractivity contribution < 1.29 is 19.1 Å². The molecular weight excluding hydrogens is 418 g/mol. The SMILES string of the molecule is COc1ccc(N2C(=O)[C@H](CC(=O)Nc3ccccc3)N(CCC3=CCCCC3)C2=O)cc1. The fourth-order valence-corrected chi connectivity index (χ4v) is 4.36. The lowest BCUT2D eigenvalue weighted by atomic mass is 9.97. The second-order valence-corrected chi connectivity index (χ2v) is 8.34. The first-order valence-electron chi connectivity index (χ1n) is 11.4. The molecular formula is C26H29N3O4. The molecule has 1 aliphatic carbocycles. The lowest BCUT2D eigenvalue weighted by Crippen LogP contribution is -2.38. The molecule has 2 aliphatic rings. The smallest absolute Gasteiger partial charge is 0.332 e. The Labute approximate surface area is 194 Å². The molecule has 7 heteroatoms. The van der Waals surface area contributed by atoms with Crippen LogP contribution in [0, 0.1) is 0 Å². The van der Waals surface area contributed by atoms with E-state index in [4.69, 9.17) is 4.74 Å². The molecule has 4 amide bonds. The largest absolute Gasteiger partial charge is 0.497 e. The molecule has 0 spiro atoms. The Balaban J connectivity index is 1.54. The van der Waals surface area contributed by atoms with E-state index in [0.29, 0.717) is 30.1 Å². The standard InChI is InChI=1S/C26H29N3O4/c1-33-22-14-12-21(13-15-22)29-25(31)23(18-24(30)27-20-10-6-3-7-11-20)28(26(29)32)17-16-19-8-4-2-5-9-19/h3,6-8,10-15,23H,2,4-5,9,16-18H2,1H3,(H,27,30)/t23-/m0/s1. The third-order valence-electron chi connectivity index (χ3n) is 6.14. The summed E-state index contributed by atoms with van der Waals surface area (Å²) in [5.74, 6) is -0.0467. The maximum Gasteiger partial charge on any atom is 0.332 e. The normalized spacial score (nSPS) is 18.3. The molecule has 172 valence electrons. The van der Waals surface area contributed by atoms with Crippen LogP contribution in [0.3, 0.4) is 0 Å². The molecule has 0 unspecified atom stereocenters. The van der Waals surface area contributed by atoms with E-state index in [-0.39, 0.29) is 24.3 Å². The van der Waals surface area contributed by atoms with Crippen molar-refractivity contribution in [3.63, 3.8) is 0 Å². The van der Waals surface area contributed by atoms with E-state index in [0.717, 1.165) is 19.3 Å². The van der Waals surface area contributed by atoms with Gasteiger partial charge in [0.25, 0.3) is 5.91 Å². The van der Waals surface area contributed by atoms with Gasteiger partial charge < -0.3 is 15.0 Å². The van der Waals surface area contributed by atoms with Gasteiger partial charge in [0, 0.05) is 12.2 Å². The van der Waals surface area contributed by atoms with Crippen LogP contribution in [0.5, 0.6) is 5.75 Å². The highest BCUT2D eigenvalue weighted by Crippen LogP contribution is 2.30. The van der Waals surface area contributed by atoms with Gasteiger partial charge in [-0.15, -0.1) is 0 Å². The first-order valence-corrected chi connectivity index (χ1v) is 11.4. The quantitative estimate of drug-likeness (QED) is 0.468. The number of hydrogen-bond acceptors (Lipinski definition) is 4. The average molecular weight is 448 g/mol. The number of nitrogens with zero attached hydrogens (tertiary/aromatic N) is 2. The lowest BCUT2D eigenvalue weighted by Gasteiger charge is -2.23. The average Bonchev–Trinajstić information content (AvgIpc) is 3.07. The number of nitrogens with one attached hydrogen (secondary N) is 1. The number of carbonyl (C=O) groups excluding carboxylic acids is 3. The number of urea groups is 1. The number of amides is 4. The van der Waals surface area contributed by atoms with E-state index in [1.54, 1.807) is 48.4 Å². The number of hydrogen-bond donors (Lipinski definition) is 1. The molecule has 1 fully saturated rings. The van der Waals surface area contributed by atoms with Crippen LogP contribution >= 0.6 is 0 Å². The second-order valence-electron chi connectivity index (χ2n) is 8.34. The number of rotatable bonds is 8. The Morgan fingerprint density at radius 3 is 2.48 bits per heavy atom. The summed E-state index contributed by atoms with van der Waals surface area (Å²) in [5.41, 5.74) is 2.45. The van der Waals surface area contributed by atoms with Crippen molar-refractivity contribution in [1.29, 1.82) is 0 Å². The molecule has 4 rings (SSSR count). The van der Waals surface area contributed by atoms with Crippen molar-refractivity contribution in [2.24, 2.45) is 0 Å². The number of ether oxygens (including phenoxy) is 1. The Bertz CT molecular complexity index is 1030. The fourth-order valence-electron chi connectivity index (χ4n) is 4.36. The molecule has 1 N–H and O–H groups in total. The molecule has 7 nitrogen and oxygen atoms in total. The van der Waals surface area contributed by atoms with Crippen molar-refractivity contribution >= 4 is 29.2 Å². The van der Waals surface area contributed by atoms with Gasteiger partial charge in [0.15, 0.2) is 0 Å². The van der Waals surface area contributed by atoms with E-state index in [2.05, 4.69) is 11.4 Å². The highest BCUT2D eigenvalue weighted by Gasteiger charge is 2.46. The maximum absolute atomic E-state index is 13.4. The van der Waals surface area contributed by atoms with Gasteiger partial charge in [-0.25, -0.2) is 9.69 Å². The van der Waals surface area contributed by atoms with Gasteiger partial charge in [-0.2, -0.15) is 0 Å². The molecule has 0 bridgehead atoms. The van der Waals surface area contributed by atoms with Crippen molar-refractivity contribution in [3.05, 3.63) is 66.2 Å². The van der Waals surface area contributed by atoms with Crippen molar-refractivity contribution in [2.75, 3.05) is 23.9 Å². The lowest BCUT2D eigenvalue weighted by molar-refractivity contribution is -0.124. The minimum absolute atomic E-state index is 0.0921. The number of carbonyl (C=O) groups is 3. The molecule has 33 heavy (non-hydrogen) atoms. The first kappa shape index (κ1) is 22.6. The Hall–Kier alpha value is -3.61. The van der Waals surface area contributed by atoms with Gasteiger partial charge in [-0.1, -0.05) is 29.8 Å². The van der Waals surface area contributed by atoms with Crippen molar-refractivity contribution in [1.82, 2.24) is 4.90 Å². The van der Waals surface area contributed by atoms with Crippen LogP contribution in [0.25, 0.3) is 0 Å². The van der Waals surface area contributed by atoms with Crippen LogP contribution in [0.15, 0.2) is 66.2 Å². The molecule has 1 aliphatic heterocycles. The molecule has 2 aromatic carbocycles. The van der Waals surface area contributed by atoms with E-state index in [9.17, 15) is 14.4 Å². The van der Waals surface area contributed by atoms with Crippen LogP contribution < -0.4 is 15.0 Å². The molecule has 1 saturated heterocycles. The third-order valence-corrected chi connectivity index (χ3v) is 6.14. The zero-order valence-electron chi connectivity index (χ0n) is 18.8. The summed E-state index contributed by atoms with van der Waals surface area (Å²) in [6, 6.07) is 14.7. The predicted molar refractivity (Wildman–Crippen MR) is 127 cm³/mol. The van der Waals surface area contributed by atoms with Crippen LogP contribution in [0.2, 0.25) is 0 Å². The number of methoxy groups -OCH3 is 1. The van der Waals surface area contributed by atoms with Gasteiger partial charge in [0.1, 0.15) is 11.8 Å². The fraction of sp³-hybridized carbons (Fsp3) is 0.346. The summed E-state index contributed by atoms with van der Waals surface area (Å²) >= 11 is 0. The maximum atomic E-state index is 13.4. The van der Waals surface area contributed by atoms with Gasteiger partial charge in [-0.3, -0.25) is 9.59 Å². The van der Waals surface area contributed by atoms with E-state index >= 15 is 0 Å². The van der Waals surface area contributed by atoms with Crippen LogP contribution in [-0.4, -0.2) is 42.4 Å². The molecule has 0 aromatic heterocycles. The highest BCUT2D eigenvalue weighted by atomic mass is 16.5. The summed E-state index contributed by atoms with van der Waals surface area (Å²) in [6.07, 6.45) is 7.29. The van der Waals surface area contributed by atoms with E-state index in [1.807, 2.05) is 18.2 Å². The molecule has 0 saturated carbocycles. The number of imide groups is 1. The van der Waals surface area contributed by atoms with Crippen molar-refractivity contribution in [2.45, 2.75) is 44.6 Å². The van der Waals surface area contributed by atoms with E-state index < -0.39 is 6.04 Å². The minimum Gasteiger partial charge on any atom is -0.497 e. The number of para-hydroxylation sites is 1. The van der Waals surface area contributed by atoms with Crippen LogP contribution in [0.1, 0.15) is 38.5 Å². The van der Waals surface area contributed by atoms with Crippen LogP contribution in [-0.2, 0) is 9.59 Å². The predicted octanol–water partition coefficient (Wildman–Crippen LogP) is 4.75. The number of benzene rings is 2. The number of anilines is 2.